The maximum Gasteiger partial charge on any atom is 0.309 e. The number of aliphatic hydroxyl groups excluding tert-OH is 1. The Balaban J connectivity index is 2.99. The number of carbonyl (C=O) groups is 1. The van der Waals surface area contributed by atoms with Crippen LogP contribution in [0.3, 0.4) is 0 Å². The zero-order chi connectivity index (χ0) is 13.0. The third kappa shape index (κ3) is 3.20. The molecule has 0 amide bonds. The molecule has 1 aromatic carbocycles. The first kappa shape index (κ1) is 14.0. The van der Waals surface area contributed by atoms with Crippen LogP contribution in [0.5, 0.6) is 5.75 Å². The van der Waals surface area contributed by atoms with E-state index in [-0.39, 0.29) is 0 Å². The molecule has 0 fully saturated rings. The van der Waals surface area contributed by atoms with E-state index in [1.165, 1.54) is 0 Å². The summed E-state index contributed by atoms with van der Waals surface area (Å²) >= 11 is 3.30. The minimum Gasteiger partial charge on any atom is -0.496 e. The molecule has 0 heterocycles. The van der Waals surface area contributed by atoms with Crippen LogP contribution in [0.25, 0.3) is 0 Å². The molecule has 2 unspecified atom stereocenters. The number of aliphatic hydroxyl groups is 1. The van der Waals surface area contributed by atoms with E-state index >= 15 is 0 Å². The molecule has 4 nitrogen and oxygen atoms in total. The van der Waals surface area contributed by atoms with Gasteiger partial charge in [0.2, 0.25) is 0 Å². The van der Waals surface area contributed by atoms with Crippen LogP contribution in [-0.2, 0) is 4.79 Å². The number of carboxylic acids is 1. The lowest BCUT2D eigenvalue weighted by molar-refractivity contribution is -0.146. The summed E-state index contributed by atoms with van der Waals surface area (Å²) in [4.78, 5) is 11.0. The van der Waals surface area contributed by atoms with Crippen molar-refractivity contribution >= 4 is 21.9 Å². The first-order chi connectivity index (χ1) is 8.01. The summed E-state index contributed by atoms with van der Waals surface area (Å²) in [7, 11) is 1.54. The number of rotatable bonds is 5. The molecule has 0 saturated heterocycles. The first-order valence-corrected chi connectivity index (χ1v) is 6.04. The van der Waals surface area contributed by atoms with Gasteiger partial charge in [0.05, 0.1) is 23.6 Å². The van der Waals surface area contributed by atoms with Crippen molar-refractivity contribution in [3.8, 4) is 5.75 Å². The van der Waals surface area contributed by atoms with Gasteiger partial charge in [-0.05, 0) is 40.0 Å². The van der Waals surface area contributed by atoms with Gasteiger partial charge in [0.25, 0.3) is 0 Å². The summed E-state index contributed by atoms with van der Waals surface area (Å²) in [5.41, 5.74) is 0.562. The van der Waals surface area contributed by atoms with Gasteiger partial charge < -0.3 is 14.9 Å². The average molecular weight is 303 g/mol. The highest BCUT2D eigenvalue weighted by molar-refractivity contribution is 9.10. The molecule has 0 spiro atoms. The Morgan fingerprint density at radius 3 is 2.59 bits per heavy atom. The fourth-order valence-corrected chi connectivity index (χ4v) is 2.19. The van der Waals surface area contributed by atoms with Crippen molar-refractivity contribution in [3.63, 3.8) is 0 Å². The van der Waals surface area contributed by atoms with E-state index in [9.17, 15) is 9.90 Å². The molecule has 0 bridgehead atoms. The van der Waals surface area contributed by atoms with Crippen molar-refractivity contribution < 1.29 is 19.7 Å². The van der Waals surface area contributed by atoms with E-state index in [1.54, 1.807) is 32.2 Å². The Kier molecular flexibility index (Phi) is 4.96. The number of ether oxygens (including phenoxy) is 1. The van der Waals surface area contributed by atoms with Crippen LogP contribution in [0.1, 0.15) is 25.0 Å². The van der Waals surface area contributed by atoms with Crippen LogP contribution >= 0.6 is 15.9 Å². The van der Waals surface area contributed by atoms with Crippen molar-refractivity contribution in [2.24, 2.45) is 5.92 Å². The molecule has 0 aliphatic carbocycles. The monoisotopic (exact) mass is 302 g/mol. The molecule has 17 heavy (non-hydrogen) atoms. The zero-order valence-electron chi connectivity index (χ0n) is 9.68. The number of carboxylic acid groups (broad SMARTS) is 1. The number of methoxy groups -OCH3 is 1. The molecule has 0 aliphatic rings. The minimum atomic E-state index is -1.01. The highest BCUT2D eigenvalue weighted by Crippen LogP contribution is 2.31. The molecule has 0 aromatic heterocycles. The second-order valence-corrected chi connectivity index (χ2v) is 4.55. The lowest BCUT2D eigenvalue weighted by atomic mass is 9.93. The maximum atomic E-state index is 11.0. The normalized spacial score (nSPS) is 14.1. The van der Waals surface area contributed by atoms with Crippen LogP contribution in [0.2, 0.25) is 0 Å². The molecule has 2 atom stereocenters. The highest BCUT2D eigenvalue weighted by atomic mass is 79.9. The third-order valence-electron chi connectivity index (χ3n) is 2.66. The topological polar surface area (TPSA) is 66.8 Å². The molecule has 0 saturated carbocycles. The summed E-state index contributed by atoms with van der Waals surface area (Å²) in [6.07, 6.45) is -0.639. The Morgan fingerprint density at radius 2 is 2.18 bits per heavy atom. The fraction of sp³-hybridized carbons (Fsp3) is 0.417. The summed E-state index contributed by atoms with van der Waals surface area (Å²) in [6, 6.07) is 5.03. The second kappa shape index (κ2) is 6.02. The van der Waals surface area contributed by atoms with Crippen molar-refractivity contribution in [2.75, 3.05) is 7.11 Å². The third-order valence-corrected chi connectivity index (χ3v) is 3.28. The number of aliphatic carboxylic acids is 1. The van der Waals surface area contributed by atoms with Gasteiger partial charge >= 0.3 is 5.97 Å². The number of halogens is 1. The van der Waals surface area contributed by atoms with Gasteiger partial charge in [0.1, 0.15) is 5.75 Å². The van der Waals surface area contributed by atoms with Gasteiger partial charge in [0, 0.05) is 0 Å². The standard InChI is InChI=1S/C12H15BrO4/c1-3-8(12(15)16)11(14)7-4-5-10(17-2)9(13)6-7/h4-6,8,11,14H,3H2,1-2H3,(H,15,16). The Labute approximate surface area is 108 Å². The van der Waals surface area contributed by atoms with E-state index in [0.717, 1.165) is 0 Å². The average Bonchev–Trinajstić information content (AvgIpc) is 2.29. The Bertz CT molecular complexity index is 405. The molecular weight excluding hydrogens is 288 g/mol. The van der Waals surface area contributed by atoms with Crippen LogP contribution in [0.15, 0.2) is 22.7 Å². The van der Waals surface area contributed by atoms with Crippen molar-refractivity contribution in [1.82, 2.24) is 0 Å². The van der Waals surface area contributed by atoms with Gasteiger partial charge in [-0.3, -0.25) is 4.79 Å². The van der Waals surface area contributed by atoms with Crippen molar-refractivity contribution in [1.29, 1.82) is 0 Å². The quantitative estimate of drug-likeness (QED) is 0.877. The van der Waals surface area contributed by atoms with Crippen LogP contribution in [-0.4, -0.2) is 23.3 Å². The van der Waals surface area contributed by atoms with E-state index in [1.807, 2.05) is 0 Å². The van der Waals surface area contributed by atoms with Gasteiger partial charge in [0.15, 0.2) is 0 Å². The predicted molar refractivity (Wildman–Crippen MR) is 67.1 cm³/mol. The summed E-state index contributed by atoms with van der Waals surface area (Å²) in [5, 5.41) is 19.0. The number of hydrogen-bond donors (Lipinski definition) is 2. The van der Waals surface area contributed by atoms with Crippen LogP contribution in [0, 0.1) is 5.92 Å². The maximum absolute atomic E-state index is 11.0. The molecular formula is C12H15BrO4. The highest BCUT2D eigenvalue weighted by Gasteiger charge is 2.26. The zero-order valence-corrected chi connectivity index (χ0v) is 11.3. The predicted octanol–water partition coefficient (Wildman–Crippen LogP) is 2.60. The Morgan fingerprint density at radius 1 is 1.53 bits per heavy atom. The SMILES string of the molecule is CCC(C(=O)O)C(O)c1ccc(OC)c(Br)c1. The summed E-state index contributed by atoms with van der Waals surface area (Å²) in [5.74, 6) is -1.15. The summed E-state index contributed by atoms with van der Waals surface area (Å²) in [6.45, 7) is 1.74. The van der Waals surface area contributed by atoms with Gasteiger partial charge in [-0.25, -0.2) is 0 Å². The molecule has 5 heteroatoms. The van der Waals surface area contributed by atoms with E-state index in [4.69, 9.17) is 9.84 Å². The molecule has 94 valence electrons. The smallest absolute Gasteiger partial charge is 0.309 e. The van der Waals surface area contributed by atoms with Gasteiger partial charge in [-0.15, -0.1) is 0 Å². The molecule has 1 aromatic rings. The number of hydrogen-bond acceptors (Lipinski definition) is 3. The summed E-state index contributed by atoms with van der Waals surface area (Å²) < 4.78 is 5.76. The Hall–Kier alpha value is -1.07. The van der Waals surface area contributed by atoms with Gasteiger partial charge in [-0.2, -0.15) is 0 Å². The van der Waals surface area contributed by atoms with Crippen molar-refractivity contribution in [2.45, 2.75) is 19.4 Å². The minimum absolute atomic E-state index is 0.375. The van der Waals surface area contributed by atoms with Crippen LogP contribution in [0.4, 0.5) is 0 Å². The van der Waals surface area contributed by atoms with Gasteiger partial charge in [-0.1, -0.05) is 13.0 Å². The van der Waals surface area contributed by atoms with Crippen molar-refractivity contribution in [3.05, 3.63) is 28.2 Å². The molecule has 2 N–H and O–H groups in total. The van der Waals surface area contributed by atoms with E-state index in [0.29, 0.717) is 22.2 Å². The lowest BCUT2D eigenvalue weighted by Gasteiger charge is -2.18. The largest absolute Gasteiger partial charge is 0.496 e. The fourth-order valence-electron chi connectivity index (χ4n) is 1.63. The lowest BCUT2D eigenvalue weighted by Crippen LogP contribution is -2.21. The first-order valence-electron chi connectivity index (χ1n) is 5.25. The second-order valence-electron chi connectivity index (χ2n) is 3.69. The molecule has 0 aliphatic heterocycles. The van der Waals surface area contributed by atoms with Crippen LogP contribution < -0.4 is 4.74 Å². The number of benzene rings is 1. The van der Waals surface area contributed by atoms with E-state index in [2.05, 4.69) is 15.9 Å². The molecule has 1 rings (SSSR count). The molecule has 0 radical (unpaired) electrons. The van der Waals surface area contributed by atoms with E-state index < -0.39 is 18.0 Å².